The third-order valence-electron chi connectivity index (χ3n) is 4.01. The summed E-state index contributed by atoms with van der Waals surface area (Å²) in [6.07, 6.45) is 0.950. The molecule has 2 rings (SSSR count). The van der Waals surface area contributed by atoms with Gasteiger partial charge in [-0.15, -0.1) is 0 Å². The molecule has 0 radical (unpaired) electrons. The number of hydrogen-bond donors (Lipinski definition) is 1. The summed E-state index contributed by atoms with van der Waals surface area (Å²) in [6, 6.07) is 3.57. The number of nitrogens with zero attached hydrogens (tertiary/aromatic N) is 1. The van der Waals surface area contributed by atoms with Crippen LogP contribution in [-0.4, -0.2) is 35.0 Å². The van der Waals surface area contributed by atoms with Crippen LogP contribution in [0.3, 0.4) is 0 Å². The molecule has 1 fully saturated rings. The highest BCUT2D eigenvalue weighted by molar-refractivity contribution is 6.06. The van der Waals surface area contributed by atoms with Gasteiger partial charge in [-0.1, -0.05) is 26.0 Å². The molecule has 1 aliphatic heterocycles. The van der Waals surface area contributed by atoms with Crippen LogP contribution in [-0.2, 0) is 0 Å². The zero-order valence-electron chi connectivity index (χ0n) is 12.5. The van der Waals surface area contributed by atoms with Crippen molar-refractivity contribution in [3.63, 3.8) is 0 Å². The summed E-state index contributed by atoms with van der Waals surface area (Å²) < 4.78 is 0. The Hall–Kier alpha value is -1.84. The van der Waals surface area contributed by atoms with Crippen molar-refractivity contribution in [1.29, 1.82) is 0 Å². The molecule has 0 bridgehead atoms. The van der Waals surface area contributed by atoms with Crippen molar-refractivity contribution in [2.24, 2.45) is 5.41 Å². The van der Waals surface area contributed by atoms with Crippen molar-refractivity contribution in [3.8, 4) is 0 Å². The number of rotatable bonds is 2. The van der Waals surface area contributed by atoms with E-state index in [1.165, 1.54) is 0 Å². The summed E-state index contributed by atoms with van der Waals surface area (Å²) in [5, 5.41) is 9.39. The zero-order chi connectivity index (χ0) is 15.1. The topological polar surface area (TPSA) is 57.6 Å². The van der Waals surface area contributed by atoms with Crippen molar-refractivity contribution in [2.45, 2.75) is 34.1 Å². The smallest absolute Gasteiger partial charge is 0.336 e. The quantitative estimate of drug-likeness (QED) is 0.903. The number of carboxylic acid groups (broad SMARTS) is 1. The number of benzene rings is 1. The largest absolute Gasteiger partial charge is 0.478 e. The van der Waals surface area contributed by atoms with Crippen LogP contribution in [0, 0.1) is 19.3 Å². The van der Waals surface area contributed by atoms with E-state index in [1.54, 1.807) is 24.8 Å². The Bertz CT molecular complexity index is 575. The molecule has 4 heteroatoms. The lowest BCUT2D eigenvalue weighted by Crippen LogP contribution is -2.32. The molecular formula is C16H21NO3. The first-order valence-corrected chi connectivity index (χ1v) is 6.86. The third kappa shape index (κ3) is 2.55. The van der Waals surface area contributed by atoms with Crippen LogP contribution in [0.15, 0.2) is 12.1 Å². The summed E-state index contributed by atoms with van der Waals surface area (Å²) in [5.41, 5.74) is 1.94. The third-order valence-corrected chi connectivity index (χ3v) is 4.01. The first kappa shape index (κ1) is 14.6. The second kappa shape index (κ2) is 4.93. The number of carbonyl (C=O) groups excluding carboxylic acids is 1. The van der Waals surface area contributed by atoms with Crippen LogP contribution in [0.4, 0.5) is 0 Å². The van der Waals surface area contributed by atoms with Crippen LogP contribution in [0.25, 0.3) is 0 Å². The number of hydrogen-bond acceptors (Lipinski definition) is 2. The van der Waals surface area contributed by atoms with Crippen LogP contribution in [0.5, 0.6) is 0 Å². The van der Waals surface area contributed by atoms with Gasteiger partial charge in [-0.25, -0.2) is 4.79 Å². The van der Waals surface area contributed by atoms with Gasteiger partial charge in [0.25, 0.3) is 5.91 Å². The fourth-order valence-electron chi connectivity index (χ4n) is 2.81. The van der Waals surface area contributed by atoms with Crippen molar-refractivity contribution in [3.05, 3.63) is 34.4 Å². The summed E-state index contributed by atoms with van der Waals surface area (Å²) in [6.45, 7) is 9.15. The van der Waals surface area contributed by atoms with E-state index in [2.05, 4.69) is 13.8 Å². The van der Waals surface area contributed by atoms with Crippen LogP contribution >= 0.6 is 0 Å². The van der Waals surface area contributed by atoms with Crippen LogP contribution in [0.2, 0.25) is 0 Å². The van der Waals surface area contributed by atoms with Crippen LogP contribution < -0.4 is 0 Å². The summed E-state index contributed by atoms with van der Waals surface area (Å²) >= 11 is 0. The maximum atomic E-state index is 12.7. The highest BCUT2D eigenvalue weighted by Gasteiger charge is 2.34. The normalized spacial score (nSPS) is 17.3. The van der Waals surface area contributed by atoms with E-state index < -0.39 is 5.97 Å². The lowest BCUT2D eigenvalue weighted by molar-refractivity contribution is 0.0678. The Morgan fingerprint density at radius 2 is 1.70 bits per heavy atom. The molecule has 1 aromatic rings. The number of carbonyl (C=O) groups is 2. The molecule has 0 unspecified atom stereocenters. The zero-order valence-corrected chi connectivity index (χ0v) is 12.5. The molecule has 108 valence electrons. The molecule has 1 aromatic carbocycles. The molecule has 1 heterocycles. The molecule has 1 aliphatic rings. The molecule has 0 spiro atoms. The first-order valence-electron chi connectivity index (χ1n) is 6.86. The van der Waals surface area contributed by atoms with Gasteiger partial charge >= 0.3 is 5.97 Å². The average Bonchev–Trinajstić information content (AvgIpc) is 2.71. The highest BCUT2D eigenvalue weighted by Crippen LogP contribution is 2.31. The average molecular weight is 275 g/mol. The number of likely N-dealkylation sites (tertiary alicyclic amines) is 1. The Labute approximate surface area is 119 Å². The standard InChI is InChI=1S/C16H21NO3/c1-10-5-6-11(2)13(15(19)20)12(10)14(18)17-8-7-16(3,4)9-17/h5-6H,7-9H2,1-4H3,(H,19,20). The maximum absolute atomic E-state index is 12.7. The van der Waals surface area contributed by atoms with Gasteiger partial charge < -0.3 is 10.0 Å². The predicted octanol–water partition coefficient (Wildman–Crippen LogP) is 2.87. The monoisotopic (exact) mass is 275 g/mol. The Kier molecular flexibility index (Phi) is 3.59. The van der Waals surface area contributed by atoms with Crippen molar-refractivity contribution < 1.29 is 14.7 Å². The molecule has 1 amide bonds. The van der Waals surface area contributed by atoms with E-state index in [9.17, 15) is 14.7 Å². The lowest BCUT2D eigenvalue weighted by Gasteiger charge is -2.22. The van der Waals surface area contributed by atoms with Crippen molar-refractivity contribution in [2.75, 3.05) is 13.1 Å². The van der Waals surface area contributed by atoms with Gasteiger partial charge in [0.1, 0.15) is 0 Å². The second-order valence-electron chi connectivity index (χ2n) is 6.40. The Morgan fingerprint density at radius 3 is 2.15 bits per heavy atom. The minimum Gasteiger partial charge on any atom is -0.478 e. The lowest BCUT2D eigenvalue weighted by atomic mass is 9.93. The first-order chi connectivity index (χ1) is 9.23. The molecule has 4 nitrogen and oxygen atoms in total. The molecular weight excluding hydrogens is 254 g/mol. The van der Waals surface area contributed by atoms with Gasteiger partial charge in [-0.05, 0) is 36.8 Å². The SMILES string of the molecule is Cc1ccc(C)c(C(=O)N2CCC(C)(C)C2)c1C(=O)O. The van der Waals surface area contributed by atoms with E-state index >= 15 is 0 Å². The molecule has 0 aliphatic carbocycles. The minimum atomic E-state index is -1.03. The molecule has 0 saturated carbocycles. The fraction of sp³-hybridized carbons (Fsp3) is 0.500. The minimum absolute atomic E-state index is 0.108. The molecule has 1 saturated heterocycles. The molecule has 20 heavy (non-hydrogen) atoms. The number of carboxylic acids is 1. The summed E-state index contributed by atoms with van der Waals surface area (Å²) in [4.78, 5) is 25.9. The highest BCUT2D eigenvalue weighted by atomic mass is 16.4. The predicted molar refractivity (Wildman–Crippen MR) is 77.2 cm³/mol. The van der Waals surface area contributed by atoms with E-state index in [0.717, 1.165) is 12.0 Å². The van der Waals surface area contributed by atoms with E-state index in [-0.39, 0.29) is 16.9 Å². The molecule has 0 aromatic heterocycles. The van der Waals surface area contributed by atoms with Gasteiger partial charge in [-0.2, -0.15) is 0 Å². The van der Waals surface area contributed by atoms with Gasteiger partial charge in [-0.3, -0.25) is 4.79 Å². The molecule has 0 atom stereocenters. The summed E-state index contributed by atoms with van der Waals surface area (Å²) in [7, 11) is 0. The second-order valence-corrected chi connectivity index (χ2v) is 6.40. The van der Waals surface area contributed by atoms with E-state index in [0.29, 0.717) is 24.2 Å². The maximum Gasteiger partial charge on any atom is 0.336 e. The van der Waals surface area contributed by atoms with Gasteiger partial charge in [0, 0.05) is 13.1 Å². The van der Waals surface area contributed by atoms with Gasteiger partial charge in [0.15, 0.2) is 0 Å². The van der Waals surface area contributed by atoms with Crippen molar-refractivity contribution >= 4 is 11.9 Å². The van der Waals surface area contributed by atoms with Crippen LogP contribution in [0.1, 0.15) is 52.1 Å². The molecule has 1 N–H and O–H groups in total. The summed E-state index contributed by atoms with van der Waals surface area (Å²) in [5.74, 6) is -1.19. The number of aryl methyl sites for hydroxylation is 2. The van der Waals surface area contributed by atoms with E-state index in [1.807, 2.05) is 6.07 Å². The van der Waals surface area contributed by atoms with E-state index in [4.69, 9.17) is 0 Å². The van der Waals surface area contributed by atoms with Crippen molar-refractivity contribution in [1.82, 2.24) is 4.90 Å². The van der Waals surface area contributed by atoms with Gasteiger partial charge in [0.05, 0.1) is 11.1 Å². The number of amides is 1. The number of aromatic carboxylic acids is 1. The Morgan fingerprint density at radius 1 is 1.15 bits per heavy atom. The van der Waals surface area contributed by atoms with Gasteiger partial charge in [0.2, 0.25) is 0 Å². The Balaban J connectivity index is 2.45. The fourth-order valence-corrected chi connectivity index (χ4v) is 2.81.